The topological polar surface area (TPSA) is 56.8 Å². The molecule has 6 nitrogen and oxygen atoms in total. The third-order valence-corrected chi connectivity index (χ3v) is 6.54. The number of carbonyl (C=O) groups is 2. The van der Waals surface area contributed by atoms with E-state index < -0.39 is 0 Å². The number of aryl methyl sites for hydroxylation is 1. The van der Waals surface area contributed by atoms with Crippen LogP contribution in [-0.4, -0.2) is 47.9 Å². The summed E-state index contributed by atoms with van der Waals surface area (Å²) in [6.45, 7) is 4.75. The van der Waals surface area contributed by atoms with E-state index in [4.69, 9.17) is 0 Å². The van der Waals surface area contributed by atoms with Crippen LogP contribution < -0.4 is 9.80 Å². The second kappa shape index (κ2) is 8.00. The molecule has 0 saturated carbocycles. The quantitative estimate of drug-likeness (QED) is 0.593. The van der Waals surface area contributed by atoms with E-state index in [9.17, 15) is 9.59 Å². The van der Waals surface area contributed by atoms with Crippen LogP contribution in [0.1, 0.15) is 10.4 Å². The van der Waals surface area contributed by atoms with Gasteiger partial charge >= 0.3 is 0 Å². The predicted molar refractivity (Wildman–Crippen MR) is 123 cm³/mol. The van der Waals surface area contributed by atoms with Gasteiger partial charge in [0.15, 0.2) is 0 Å². The molecule has 0 atom stereocenters. The number of imide groups is 1. The van der Waals surface area contributed by atoms with Gasteiger partial charge in [0.2, 0.25) is 0 Å². The molecule has 0 N–H and O–H groups in total. The molecular formula is C24H22N4O2S. The third-order valence-electron chi connectivity index (χ3n) is 5.66. The van der Waals surface area contributed by atoms with Crippen molar-refractivity contribution in [3.05, 3.63) is 82.3 Å². The normalized spacial score (nSPS) is 17.1. The smallest absolute Gasteiger partial charge is 0.282 e. The Morgan fingerprint density at radius 2 is 1.68 bits per heavy atom. The monoisotopic (exact) mass is 430 g/mol. The van der Waals surface area contributed by atoms with Gasteiger partial charge in [-0.05, 0) is 48.2 Å². The second-order valence-corrected chi connectivity index (χ2v) is 8.60. The largest absolute Gasteiger partial charge is 0.363 e. The Bertz CT molecular complexity index is 1150. The summed E-state index contributed by atoms with van der Waals surface area (Å²) in [6, 6.07) is 17.2. The SMILES string of the molecule is Cc1cccc(N2C(=O)C(c3cccs3)=C(N3CCN(c4ccccn4)CC3)C2=O)c1. The molecule has 0 radical (unpaired) electrons. The molecule has 0 unspecified atom stereocenters. The maximum Gasteiger partial charge on any atom is 0.282 e. The molecule has 2 aromatic heterocycles. The van der Waals surface area contributed by atoms with Crippen LogP contribution in [0.25, 0.3) is 5.57 Å². The van der Waals surface area contributed by atoms with Crippen LogP contribution in [0.3, 0.4) is 0 Å². The van der Waals surface area contributed by atoms with Crippen molar-refractivity contribution in [2.75, 3.05) is 36.0 Å². The Balaban J connectivity index is 1.48. The van der Waals surface area contributed by atoms with Gasteiger partial charge in [0.25, 0.3) is 11.8 Å². The molecular weight excluding hydrogens is 408 g/mol. The first-order chi connectivity index (χ1) is 15.1. The molecule has 0 spiro atoms. The molecule has 2 aliphatic heterocycles. The van der Waals surface area contributed by atoms with Crippen LogP contribution in [0.2, 0.25) is 0 Å². The first-order valence-corrected chi connectivity index (χ1v) is 11.2. The van der Waals surface area contributed by atoms with Crippen molar-refractivity contribution in [1.82, 2.24) is 9.88 Å². The summed E-state index contributed by atoms with van der Waals surface area (Å²) in [6.07, 6.45) is 1.79. The highest BCUT2D eigenvalue weighted by Crippen LogP contribution is 2.37. The van der Waals surface area contributed by atoms with Crippen LogP contribution in [0, 0.1) is 6.92 Å². The number of pyridine rings is 1. The summed E-state index contributed by atoms with van der Waals surface area (Å²) >= 11 is 1.49. The number of anilines is 2. The number of thiophene rings is 1. The number of nitrogens with zero attached hydrogens (tertiary/aromatic N) is 4. The van der Waals surface area contributed by atoms with Gasteiger partial charge in [-0.1, -0.05) is 24.3 Å². The molecule has 156 valence electrons. The van der Waals surface area contributed by atoms with E-state index in [0.29, 0.717) is 30.0 Å². The molecule has 4 heterocycles. The molecule has 1 fully saturated rings. The lowest BCUT2D eigenvalue weighted by Crippen LogP contribution is -2.48. The number of hydrogen-bond acceptors (Lipinski definition) is 6. The van der Waals surface area contributed by atoms with Gasteiger partial charge in [0, 0.05) is 37.3 Å². The highest BCUT2D eigenvalue weighted by atomic mass is 32.1. The first kappa shape index (κ1) is 19.5. The maximum absolute atomic E-state index is 13.6. The zero-order valence-electron chi connectivity index (χ0n) is 17.2. The summed E-state index contributed by atoms with van der Waals surface area (Å²) in [7, 11) is 0. The van der Waals surface area contributed by atoms with Crippen LogP contribution >= 0.6 is 11.3 Å². The fraction of sp³-hybridized carbons (Fsp3) is 0.208. The molecule has 2 aliphatic rings. The van der Waals surface area contributed by atoms with E-state index in [1.54, 1.807) is 6.20 Å². The average Bonchev–Trinajstić information content (AvgIpc) is 3.40. The van der Waals surface area contributed by atoms with Gasteiger partial charge in [-0.15, -0.1) is 11.3 Å². The van der Waals surface area contributed by atoms with Crippen molar-refractivity contribution in [3.8, 4) is 0 Å². The third kappa shape index (κ3) is 3.51. The number of aromatic nitrogens is 1. The summed E-state index contributed by atoms with van der Waals surface area (Å²) in [4.78, 5) is 37.9. The molecule has 1 aromatic carbocycles. The Morgan fingerprint density at radius 1 is 0.871 bits per heavy atom. The second-order valence-electron chi connectivity index (χ2n) is 7.65. The molecule has 2 amide bonds. The average molecular weight is 431 g/mol. The van der Waals surface area contributed by atoms with Crippen LogP contribution in [0.15, 0.2) is 71.9 Å². The Hall–Kier alpha value is -3.45. The predicted octanol–water partition coefficient (Wildman–Crippen LogP) is 3.56. The van der Waals surface area contributed by atoms with E-state index in [1.165, 1.54) is 16.2 Å². The lowest BCUT2D eigenvalue weighted by Gasteiger charge is -2.37. The standard InChI is InChI=1S/C24H22N4O2S/c1-17-6-4-7-18(16-17)28-23(29)21(19-8-5-15-31-19)22(24(28)30)27-13-11-26(12-14-27)20-9-2-3-10-25-20/h2-10,15-16H,11-14H2,1H3. The fourth-order valence-corrected chi connectivity index (χ4v) is 4.92. The van der Waals surface area contributed by atoms with Crippen LogP contribution in [0.4, 0.5) is 11.5 Å². The Morgan fingerprint density at radius 3 is 2.35 bits per heavy atom. The number of benzene rings is 1. The molecule has 0 bridgehead atoms. The first-order valence-electron chi connectivity index (χ1n) is 10.3. The molecule has 5 rings (SSSR count). The lowest BCUT2D eigenvalue weighted by atomic mass is 10.1. The van der Waals surface area contributed by atoms with Gasteiger partial charge in [0.1, 0.15) is 11.5 Å². The Kier molecular flexibility index (Phi) is 5.03. The van der Waals surface area contributed by atoms with E-state index in [-0.39, 0.29) is 11.8 Å². The highest BCUT2D eigenvalue weighted by Gasteiger charge is 2.43. The molecule has 31 heavy (non-hydrogen) atoms. The number of rotatable bonds is 4. The highest BCUT2D eigenvalue weighted by molar-refractivity contribution is 7.11. The van der Waals surface area contributed by atoms with Gasteiger partial charge in [0.05, 0.1) is 11.3 Å². The van der Waals surface area contributed by atoms with Crippen molar-refractivity contribution >= 4 is 40.2 Å². The maximum atomic E-state index is 13.6. The van der Waals surface area contributed by atoms with E-state index >= 15 is 0 Å². The number of hydrogen-bond donors (Lipinski definition) is 0. The molecule has 7 heteroatoms. The van der Waals surface area contributed by atoms with Gasteiger partial charge < -0.3 is 9.80 Å². The van der Waals surface area contributed by atoms with Crippen molar-refractivity contribution in [3.63, 3.8) is 0 Å². The van der Waals surface area contributed by atoms with E-state index in [0.717, 1.165) is 29.3 Å². The van der Waals surface area contributed by atoms with Gasteiger partial charge in [-0.25, -0.2) is 9.88 Å². The zero-order valence-corrected chi connectivity index (χ0v) is 18.0. The fourth-order valence-electron chi connectivity index (χ4n) is 4.16. The zero-order chi connectivity index (χ0) is 21.4. The number of carbonyl (C=O) groups excluding carboxylic acids is 2. The lowest BCUT2D eigenvalue weighted by molar-refractivity contribution is -0.120. The number of piperazine rings is 1. The molecule has 3 aromatic rings. The summed E-state index contributed by atoms with van der Waals surface area (Å²) in [5, 5.41) is 1.94. The minimum atomic E-state index is -0.250. The minimum Gasteiger partial charge on any atom is -0.363 e. The molecule has 1 saturated heterocycles. The van der Waals surface area contributed by atoms with Crippen molar-refractivity contribution in [1.29, 1.82) is 0 Å². The van der Waals surface area contributed by atoms with Crippen LogP contribution in [0.5, 0.6) is 0 Å². The summed E-state index contributed by atoms with van der Waals surface area (Å²) in [5.41, 5.74) is 2.64. The van der Waals surface area contributed by atoms with E-state index in [1.807, 2.05) is 66.9 Å². The minimum absolute atomic E-state index is 0.245. The van der Waals surface area contributed by atoms with E-state index in [2.05, 4.69) is 14.8 Å². The summed E-state index contributed by atoms with van der Waals surface area (Å²) < 4.78 is 0. The molecule has 0 aliphatic carbocycles. The van der Waals surface area contributed by atoms with Crippen molar-refractivity contribution < 1.29 is 9.59 Å². The van der Waals surface area contributed by atoms with Crippen LogP contribution in [-0.2, 0) is 9.59 Å². The van der Waals surface area contributed by atoms with Gasteiger partial charge in [-0.2, -0.15) is 0 Å². The Labute approximate surface area is 185 Å². The number of amides is 2. The van der Waals surface area contributed by atoms with Gasteiger partial charge in [-0.3, -0.25) is 9.59 Å². The van der Waals surface area contributed by atoms with Crippen molar-refractivity contribution in [2.45, 2.75) is 6.92 Å². The van der Waals surface area contributed by atoms with Crippen molar-refractivity contribution in [2.24, 2.45) is 0 Å². The summed E-state index contributed by atoms with van der Waals surface area (Å²) in [5.74, 6) is 0.440.